The second-order valence-corrected chi connectivity index (χ2v) is 6.64. The molecule has 2 rings (SSSR count). The number of carboxylic acids is 1. The number of carbonyl (C=O) groups excluding carboxylic acids is 1. The molecule has 5 nitrogen and oxygen atoms in total. The van der Waals surface area contributed by atoms with Gasteiger partial charge in [0.25, 0.3) is 0 Å². The monoisotopic (exact) mass is 269 g/mol. The van der Waals surface area contributed by atoms with E-state index >= 15 is 0 Å². The molecular formula is C14H23NO4. The fourth-order valence-corrected chi connectivity index (χ4v) is 3.17. The Kier molecular flexibility index (Phi) is 3.74. The summed E-state index contributed by atoms with van der Waals surface area (Å²) in [5.74, 6) is -0.609. The zero-order valence-corrected chi connectivity index (χ0v) is 11.9. The first-order valence-corrected chi connectivity index (χ1v) is 7.00. The van der Waals surface area contributed by atoms with Gasteiger partial charge in [-0.15, -0.1) is 0 Å². The Morgan fingerprint density at radius 3 is 2.47 bits per heavy atom. The average molecular weight is 269 g/mol. The summed E-state index contributed by atoms with van der Waals surface area (Å²) in [5.41, 5.74) is -0.504. The van der Waals surface area contributed by atoms with Crippen molar-refractivity contribution < 1.29 is 19.4 Å². The first-order valence-electron chi connectivity index (χ1n) is 7.00. The van der Waals surface area contributed by atoms with Crippen molar-refractivity contribution in [2.75, 3.05) is 6.54 Å². The highest BCUT2D eigenvalue weighted by molar-refractivity contribution is 5.71. The fourth-order valence-electron chi connectivity index (χ4n) is 3.17. The van der Waals surface area contributed by atoms with Crippen molar-refractivity contribution in [1.29, 1.82) is 0 Å². The van der Waals surface area contributed by atoms with Crippen LogP contribution < -0.4 is 0 Å². The second kappa shape index (κ2) is 5.02. The summed E-state index contributed by atoms with van der Waals surface area (Å²) in [6.45, 7) is 6.23. The maximum absolute atomic E-state index is 12.1. The lowest BCUT2D eigenvalue weighted by Crippen LogP contribution is -2.44. The maximum atomic E-state index is 12.1. The molecule has 3 atom stereocenters. The van der Waals surface area contributed by atoms with Crippen LogP contribution in [0, 0.1) is 11.8 Å². The van der Waals surface area contributed by atoms with Crippen LogP contribution in [0.4, 0.5) is 4.79 Å². The number of hydrogen-bond acceptors (Lipinski definition) is 3. The Bertz CT molecular complexity index is 374. The molecule has 1 saturated heterocycles. The lowest BCUT2D eigenvalue weighted by atomic mass is 9.79. The molecule has 2 fully saturated rings. The highest BCUT2D eigenvalue weighted by Gasteiger charge is 2.43. The zero-order valence-electron chi connectivity index (χ0n) is 11.9. The van der Waals surface area contributed by atoms with E-state index in [1.807, 2.05) is 20.8 Å². The van der Waals surface area contributed by atoms with Crippen LogP contribution in [-0.4, -0.2) is 40.3 Å². The van der Waals surface area contributed by atoms with E-state index in [0.29, 0.717) is 18.9 Å². The van der Waals surface area contributed by atoms with E-state index in [-0.39, 0.29) is 18.1 Å². The predicted molar refractivity (Wildman–Crippen MR) is 69.8 cm³/mol. The smallest absolute Gasteiger partial charge is 0.410 e. The number of hydrogen-bond donors (Lipinski definition) is 1. The molecular weight excluding hydrogens is 246 g/mol. The summed E-state index contributed by atoms with van der Waals surface area (Å²) in [6.07, 6.45) is 2.88. The molecule has 2 aliphatic rings. The van der Waals surface area contributed by atoms with Gasteiger partial charge >= 0.3 is 12.1 Å². The average Bonchev–Trinajstić information content (AvgIpc) is 2.68. The molecule has 0 aromatic carbocycles. The number of amides is 1. The summed E-state index contributed by atoms with van der Waals surface area (Å²) in [7, 11) is 0. The van der Waals surface area contributed by atoms with E-state index < -0.39 is 11.6 Å². The minimum atomic E-state index is -0.741. The van der Waals surface area contributed by atoms with Crippen LogP contribution >= 0.6 is 0 Å². The highest BCUT2D eigenvalue weighted by atomic mass is 16.6. The Balaban J connectivity index is 2.03. The van der Waals surface area contributed by atoms with Crippen LogP contribution in [0.1, 0.15) is 46.5 Å². The van der Waals surface area contributed by atoms with Crippen LogP contribution in [0.3, 0.4) is 0 Å². The van der Waals surface area contributed by atoms with Crippen molar-refractivity contribution in [3.8, 4) is 0 Å². The maximum Gasteiger partial charge on any atom is 0.410 e. The van der Waals surface area contributed by atoms with Gasteiger partial charge in [-0.05, 0) is 52.4 Å². The lowest BCUT2D eigenvalue weighted by Gasteiger charge is -2.35. The first kappa shape index (κ1) is 14.2. The van der Waals surface area contributed by atoms with Gasteiger partial charge in [-0.3, -0.25) is 4.79 Å². The summed E-state index contributed by atoms with van der Waals surface area (Å²) in [4.78, 5) is 25.0. The van der Waals surface area contributed by atoms with E-state index in [2.05, 4.69) is 0 Å². The van der Waals surface area contributed by atoms with Gasteiger partial charge in [0.2, 0.25) is 0 Å². The zero-order chi connectivity index (χ0) is 14.2. The van der Waals surface area contributed by atoms with Crippen molar-refractivity contribution in [3.63, 3.8) is 0 Å². The Morgan fingerprint density at radius 2 is 1.89 bits per heavy atom. The largest absolute Gasteiger partial charge is 0.481 e. The normalized spacial score (nSPS) is 30.9. The SMILES string of the molecule is CC(C)(C)OC(=O)N1CC[C@@H]2CCC(C(=O)O)C[C@@H]21. The molecule has 1 amide bonds. The van der Waals surface area contributed by atoms with Crippen molar-refractivity contribution in [2.24, 2.45) is 11.8 Å². The van der Waals surface area contributed by atoms with Crippen LogP contribution in [0.25, 0.3) is 0 Å². The van der Waals surface area contributed by atoms with Crippen molar-refractivity contribution >= 4 is 12.1 Å². The molecule has 1 aliphatic carbocycles. The topological polar surface area (TPSA) is 66.8 Å². The number of aliphatic carboxylic acids is 1. The highest BCUT2D eigenvalue weighted by Crippen LogP contribution is 2.39. The molecule has 0 aromatic heterocycles. The molecule has 1 unspecified atom stereocenters. The molecule has 1 saturated carbocycles. The van der Waals surface area contributed by atoms with E-state index in [1.165, 1.54) is 0 Å². The van der Waals surface area contributed by atoms with Gasteiger partial charge in [-0.25, -0.2) is 4.79 Å². The molecule has 0 radical (unpaired) electrons. The molecule has 0 aromatic rings. The second-order valence-electron chi connectivity index (χ2n) is 6.64. The number of rotatable bonds is 1. The van der Waals surface area contributed by atoms with Crippen LogP contribution in [-0.2, 0) is 9.53 Å². The van der Waals surface area contributed by atoms with Crippen molar-refractivity contribution in [1.82, 2.24) is 4.90 Å². The number of carbonyl (C=O) groups is 2. The number of likely N-dealkylation sites (tertiary alicyclic amines) is 1. The van der Waals surface area contributed by atoms with Gasteiger partial charge in [-0.1, -0.05) is 0 Å². The quantitative estimate of drug-likeness (QED) is 0.794. The third-order valence-electron chi connectivity index (χ3n) is 4.07. The molecule has 0 spiro atoms. The number of nitrogens with zero attached hydrogens (tertiary/aromatic N) is 1. The van der Waals surface area contributed by atoms with Crippen LogP contribution in [0.15, 0.2) is 0 Å². The minimum Gasteiger partial charge on any atom is -0.481 e. The standard InChI is InChI=1S/C14H23NO4/c1-14(2,3)19-13(18)15-7-6-9-4-5-10(12(16)17)8-11(9)15/h9-11H,4-8H2,1-3H3,(H,16,17)/t9-,10?,11-/m0/s1. The molecule has 108 valence electrons. The third-order valence-corrected chi connectivity index (χ3v) is 4.07. The Hall–Kier alpha value is -1.26. The summed E-state index contributed by atoms with van der Waals surface area (Å²) in [6, 6.07) is 0.0460. The number of ether oxygens (including phenoxy) is 1. The molecule has 1 aliphatic heterocycles. The fraction of sp³-hybridized carbons (Fsp3) is 0.857. The number of carboxylic acid groups (broad SMARTS) is 1. The van der Waals surface area contributed by atoms with Gasteiger partial charge in [0, 0.05) is 12.6 Å². The van der Waals surface area contributed by atoms with Crippen LogP contribution in [0.5, 0.6) is 0 Å². The summed E-state index contributed by atoms with van der Waals surface area (Å²) >= 11 is 0. The number of fused-ring (bicyclic) bond motifs is 1. The van der Waals surface area contributed by atoms with Gasteiger partial charge < -0.3 is 14.7 Å². The minimum absolute atomic E-state index is 0.0460. The van der Waals surface area contributed by atoms with Crippen molar-refractivity contribution in [2.45, 2.75) is 58.1 Å². The van der Waals surface area contributed by atoms with Gasteiger partial charge in [0.1, 0.15) is 5.60 Å². The van der Waals surface area contributed by atoms with E-state index in [0.717, 1.165) is 19.3 Å². The predicted octanol–water partition coefficient (Wildman–Crippen LogP) is 2.50. The van der Waals surface area contributed by atoms with Gasteiger partial charge in [0.05, 0.1) is 5.92 Å². The molecule has 5 heteroatoms. The Morgan fingerprint density at radius 1 is 1.21 bits per heavy atom. The molecule has 1 heterocycles. The van der Waals surface area contributed by atoms with Crippen molar-refractivity contribution in [3.05, 3.63) is 0 Å². The molecule has 1 N–H and O–H groups in total. The third kappa shape index (κ3) is 3.19. The van der Waals surface area contributed by atoms with Gasteiger partial charge in [-0.2, -0.15) is 0 Å². The Labute approximate surface area is 113 Å². The first-order chi connectivity index (χ1) is 8.78. The molecule has 19 heavy (non-hydrogen) atoms. The van der Waals surface area contributed by atoms with E-state index in [4.69, 9.17) is 9.84 Å². The molecule has 0 bridgehead atoms. The van der Waals surface area contributed by atoms with E-state index in [1.54, 1.807) is 4.90 Å². The van der Waals surface area contributed by atoms with E-state index in [9.17, 15) is 9.59 Å². The van der Waals surface area contributed by atoms with Crippen LogP contribution in [0.2, 0.25) is 0 Å². The summed E-state index contributed by atoms with van der Waals surface area (Å²) < 4.78 is 5.41. The van der Waals surface area contributed by atoms with Gasteiger partial charge in [0.15, 0.2) is 0 Å². The lowest BCUT2D eigenvalue weighted by molar-refractivity contribution is -0.143. The summed E-state index contributed by atoms with van der Waals surface area (Å²) in [5, 5.41) is 9.13.